The normalized spacial score (nSPS) is 10.9. The van der Waals surface area contributed by atoms with Gasteiger partial charge in [-0.05, 0) is 103 Å². The summed E-state index contributed by atoms with van der Waals surface area (Å²) in [7, 11) is 0. The molecule has 3 aromatic rings. The van der Waals surface area contributed by atoms with Gasteiger partial charge < -0.3 is 20.1 Å². The zero-order valence-electron chi connectivity index (χ0n) is 21.1. The maximum Gasteiger partial charge on any atom is 0.266 e. The lowest BCUT2D eigenvalue weighted by Gasteiger charge is -2.15. The molecular formula is C29H28IN3O4. The SMILES string of the molecule is CCOc1cc(/C=C(\C#N)C(=O)Nc2cccc(C)c2)cc(I)c1OCC(=O)Nc1ccc(C)cc1C. The quantitative estimate of drug-likeness (QED) is 0.172. The number of ether oxygens (including phenoxy) is 2. The Morgan fingerprint density at radius 1 is 1.00 bits per heavy atom. The molecule has 0 saturated carbocycles. The van der Waals surface area contributed by atoms with E-state index in [1.54, 1.807) is 18.2 Å². The highest BCUT2D eigenvalue weighted by molar-refractivity contribution is 14.1. The summed E-state index contributed by atoms with van der Waals surface area (Å²) < 4.78 is 12.3. The van der Waals surface area contributed by atoms with Crippen molar-refractivity contribution in [3.63, 3.8) is 0 Å². The molecule has 0 unspecified atom stereocenters. The third-order valence-electron chi connectivity index (χ3n) is 5.29. The average molecular weight is 609 g/mol. The van der Waals surface area contributed by atoms with Gasteiger partial charge in [0.1, 0.15) is 11.6 Å². The molecule has 0 aliphatic heterocycles. The number of amides is 2. The van der Waals surface area contributed by atoms with Crippen LogP contribution in [0.5, 0.6) is 11.5 Å². The van der Waals surface area contributed by atoms with Crippen molar-refractivity contribution in [2.45, 2.75) is 27.7 Å². The van der Waals surface area contributed by atoms with Crippen LogP contribution in [0.25, 0.3) is 6.08 Å². The molecule has 2 amide bonds. The van der Waals surface area contributed by atoms with Crippen LogP contribution in [-0.2, 0) is 9.59 Å². The summed E-state index contributed by atoms with van der Waals surface area (Å²) in [5.74, 6) is 0.0210. The van der Waals surface area contributed by atoms with E-state index in [2.05, 4.69) is 33.2 Å². The molecular weight excluding hydrogens is 581 g/mol. The zero-order chi connectivity index (χ0) is 26.9. The van der Waals surface area contributed by atoms with Crippen LogP contribution in [0, 0.1) is 35.7 Å². The number of benzene rings is 3. The van der Waals surface area contributed by atoms with Crippen LogP contribution in [0.2, 0.25) is 0 Å². The van der Waals surface area contributed by atoms with E-state index in [1.807, 2.05) is 70.2 Å². The summed E-state index contributed by atoms with van der Waals surface area (Å²) in [4.78, 5) is 25.2. The third-order valence-corrected chi connectivity index (χ3v) is 6.09. The monoisotopic (exact) mass is 609 g/mol. The first kappa shape index (κ1) is 27.7. The summed E-state index contributed by atoms with van der Waals surface area (Å²) in [5.41, 5.74) is 4.95. The minimum absolute atomic E-state index is 0.0544. The van der Waals surface area contributed by atoms with E-state index in [-0.39, 0.29) is 18.1 Å². The highest BCUT2D eigenvalue weighted by atomic mass is 127. The van der Waals surface area contributed by atoms with Crippen molar-refractivity contribution in [2.75, 3.05) is 23.8 Å². The smallest absolute Gasteiger partial charge is 0.266 e. The number of nitrogens with zero attached hydrogens (tertiary/aromatic N) is 1. The number of carbonyl (C=O) groups is 2. The Bertz CT molecular complexity index is 1390. The molecule has 7 nitrogen and oxygen atoms in total. The Hall–Kier alpha value is -3.84. The molecule has 8 heteroatoms. The van der Waals surface area contributed by atoms with Crippen molar-refractivity contribution >= 4 is 51.9 Å². The Morgan fingerprint density at radius 2 is 1.76 bits per heavy atom. The lowest BCUT2D eigenvalue weighted by atomic mass is 10.1. The number of hydrogen-bond donors (Lipinski definition) is 2. The highest BCUT2D eigenvalue weighted by Gasteiger charge is 2.16. The van der Waals surface area contributed by atoms with Gasteiger partial charge in [-0.2, -0.15) is 5.26 Å². The van der Waals surface area contributed by atoms with Gasteiger partial charge in [-0.3, -0.25) is 9.59 Å². The molecule has 0 spiro atoms. The van der Waals surface area contributed by atoms with Crippen molar-refractivity contribution < 1.29 is 19.1 Å². The molecule has 0 bridgehead atoms. The van der Waals surface area contributed by atoms with Gasteiger partial charge in [0.15, 0.2) is 18.1 Å². The van der Waals surface area contributed by atoms with Gasteiger partial charge in [-0.1, -0.05) is 29.8 Å². The van der Waals surface area contributed by atoms with E-state index < -0.39 is 5.91 Å². The number of nitriles is 1. The molecule has 190 valence electrons. The Kier molecular flexibility index (Phi) is 9.69. The minimum Gasteiger partial charge on any atom is -0.490 e. The number of halogens is 1. The first-order chi connectivity index (χ1) is 17.7. The zero-order valence-corrected chi connectivity index (χ0v) is 23.3. The maximum atomic E-state index is 12.7. The first-order valence-corrected chi connectivity index (χ1v) is 12.7. The van der Waals surface area contributed by atoms with Crippen LogP contribution in [0.1, 0.15) is 29.2 Å². The summed E-state index contributed by atoms with van der Waals surface area (Å²) in [6.45, 7) is 7.84. The summed E-state index contributed by atoms with van der Waals surface area (Å²) in [6, 6.07) is 18.5. The summed E-state index contributed by atoms with van der Waals surface area (Å²) in [6.07, 6.45) is 1.49. The van der Waals surface area contributed by atoms with Gasteiger partial charge in [-0.15, -0.1) is 0 Å². The third kappa shape index (κ3) is 7.82. The fourth-order valence-electron chi connectivity index (χ4n) is 3.59. The standard InChI is InChI=1S/C29H28IN3O4/c1-5-36-26-15-21(13-22(16-31)29(35)32-23-8-6-7-18(2)12-23)14-24(30)28(26)37-17-27(34)33-25-10-9-19(3)11-20(25)4/h6-15H,5,17H2,1-4H3,(H,32,35)(H,33,34)/b22-13+. The van der Waals surface area contributed by atoms with E-state index >= 15 is 0 Å². The lowest BCUT2D eigenvalue weighted by molar-refractivity contribution is -0.118. The van der Waals surface area contributed by atoms with Crippen molar-refractivity contribution in [1.82, 2.24) is 0 Å². The number of anilines is 2. The Balaban J connectivity index is 1.77. The van der Waals surface area contributed by atoms with Crippen LogP contribution in [0.3, 0.4) is 0 Å². The molecule has 3 rings (SSSR count). The highest BCUT2D eigenvalue weighted by Crippen LogP contribution is 2.35. The number of nitrogens with one attached hydrogen (secondary N) is 2. The van der Waals surface area contributed by atoms with Gasteiger partial charge in [0, 0.05) is 11.4 Å². The number of rotatable bonds is 9. The van der Waals surface area contributed by atoms with Crippen LogP contribution < -0.4 is 20.1 Å². The predicted octanol–water partition coefficient (Wildman–Crippen LogP) is 6.18. The van der Waals surface area contributed by atoms with E-state index in [0.717, 1.165) is 22.4 Å². The van der Waals surface area contributed by atoms with Crippen molar-refractivity contribution in [3.8, 4) is 17.6 Å². The number of carbonyl (C=O) groups excluding carboxylic acids is 2. The molecule has 0 saturated heterocycles. The van der Waals surface area contributed by atoms with Gasteiger partial charge in [0.25, 0.3) is 11.8 Å². The van der Waals surface area contributed by atoms with Crippen molar-refractivity contribution in [1.29, 1.82) is 5.26 Å². The van der Waals surface area contributed by atoms with Gasteiger partial charge in [0.05, 0.1) is 10.2 Å². The van der Waals surface area contributed by atoms with Gasteiger partial charge >= 0.3 is 0 Å². The molecule has 37 heavy (non-hydrogen) atoms. The van der Waals surface area contributed by atoms with E-state index in [4.69, 9.17) is 9.47 Å². The van der Waals surface area contributed by atoms with Crippen LogP contribution >= 0.6 is 22.6 Å². The molecule has 3 aromatic carbocycles. The van der Waals surface area contributed by atoms with Crippen LogP contribution in [-0.4, -0.2) is 25.0 Å². The average Bonchev–Trinajstić information content (AvgIpc) is 2.84. The largest absolute Gasteiger partial charge is 0.490 e. The minimum atomic E-state index is -0.510. The maximum absolute atomic E-state index is 12.7. The predicted molar refractivity (Wildman–Crippen MR) is 154 cm³/mol. The van der Waals surface area contributed by atoms with Crippen molar-refractivity contribution in [3.05, 3.63) is 86.0 Å². The fraction of sp³-hybridized carbons (Fsp3) is 0.207. The second-order valence-electron chi connectivity index (χ2n) is 8.41. The first-order valence-electron chi connectivity index (χ1n) is 11.7. The fourth-order valence-corrected chi connectivity index (χ4v) is 4.37. The van der Waals surface area contributed by atoms with Gasteiger partial charge in [-0.25, -0.2) is 0 Å². The molecule has 0 aliphatic rings. The lowest BCUT2D eigenvalue weighted by Crippen LogP contribution is -2.21. The molecule has 0 aromatic heterocycles. The van der Waals surface area contributed by atoms with E-state index in [0.29, 0.717) is 32.9 Å². The second kappa shape index (κ2) is 12.9. The molecule has 0 radical (unpaired) electrons. The molecule has 0 atom stereocenters. The van der Waals surface area contributed by atoms with E-state index in [1.165, 1.54) is 6.08 Å². The molecule has 2 N–H and O–H groups in total. The molecule has 0 aliphatic carbocycles. The Labute approximate surface area is 230 Å². The number of hydrogen-bond acceptors (Lipinski definition) is 5. The second-order valence-corrected chi connectivity index (χ2v) is 9.57. The molecule has 0 heterocycles. The van der Waals surface area contributed by atoms with E-state index in [9.17, 15) is 14.9 Å². The topological polar surface area (TPSA) is 100 Å². The number of aryl methyl sites for hydroxylation is 3. The Morgan fingerprint density at radius 3 is 2.43 bits per heavy atom. The van der Waals surface area contributed by atoms with Crippen LogP contribution in [0.4, 0.5) is 11.4 Å². The summed E-state index contributed by atoms with van der Waals surface area (Å²) in [5, 5.41) is 15.2. The van der Waals surface area contributed by atoms with Gasteiger partial charge in [0.2, 0.25) is 0 Å². The van der Waals surface area contributed by atoms with Crippen LogP contribution in [0.15, 0.2) is 60.2 Å². The summed E-state index contributed by atoms with van der Waals surface area (Å²) >= 11 is 2.08. The van der Waals surface area contributed by atoms with Crippen molar-refractivity contribution in [2.24, 2.45) is 0 Å². The molecule has 0 fully saturated rings.